The molecule has 2 unspecified atom stereocenters. The summed E-state index contributed by atoms with van der Waals surface area (Å²) >= 11 is 0. The largest absolute Gasteiger partial charge is 0.334 e. The molecule has 0 bridgehead atoms. The summed E-state index contributed by atoms with van der Waals surface area (Å²) < 4.78 is 0. The highest BCUT2D eigenvalue weighted by molar-refractivity contribution is 5.92. The number of carbonyl (C=O) groups excluding carboxylic acids is 2. The summed E-state index contributed by atoms with van der Waals surface area (Å²) in [6.45, 7) is 5.08. The van der Waals surface area contributed by atoms with Gasteiger partial charge in [0.05, 0.1) is 0 Å². The van der Waals surface area contributed by atoms with Crippen LogP contribution in [0.4, 0.5) is 0 Å². The molecule has 2 atom stereocenters. The van der Waals surface area contributed by atoms with Crippen molar-refractivity contribution in [3.8, 4) is 0 Å². The number of carbonyl (C=O) groups is 2. The molecular formula is C16H22N2O2. The van der Waals surface area contributed by atoms with Crippen LogP contribution in [-0.4, -0.2) is 34.7 Å². The number of likely N-dealkylation sites (tertiary alicyclic amines) is 1. The molecule has 0 saturated carbocycles. The summed E-state index contributed by atoms with van der Waals surface area (Å²) in [6.07, 6.45) is 4.43. The molecule has 2 rings (SSSR count). The summed E-state index contributed by atoms with van der Waals surface area (Å²) in [5.74, 6) is 0.580. The van der Waals surface area contributed by atoms with E-state index in [2.05, 4.69) is 18.8 Å². The van der Waals surface area contributed by atoms with Crippen molar-refractivity contribution in [2.75, 3.05) is 6.54 Å². The van der Waals surface area contributed by atoms with Gasteiger partial charge in [0, 0.05) is 24.7 Å². The molecule has 1 aromatic heterocycles. The summed E-state index contributed by atoms with van der Waals surface area (Å²) in [6, 6.07) is 5.57. The van der Waals surface area contributed by atoms with Gasteiger partial charge >= 0.3 is 0 Å². The van der Waals surface area contributed by atoms with Crippen LogP contribution in [0.5, 0.6) is 0 Å². The number of aromatic nitrogens is 1. The number of hydrogen-bond donors (Lipinski definition) is 0. The van der Waals surface area contributed by atoms with E-state index in [9.17, 15) is 9.59 Å². The maximum absolute atomic E-state index is 12.6. The summed E-state index contributed by atoms with van der Waals surface area (Å²) in [7, 11) is 0. The van der Waals surface area contributed by atoms with E-state index in [4.69, 9.17) is 0 Å². The minimum absolute atomic E-state index is 0.0107. The first-order valence-electron chi connectivity index (χ1n) is 7.36. The zero-order chi connectivity index (χ0) is 14.5. The van der Waals surface area contributed by atoms with Crippen LogP contribution in [0.2, 0.25) is 0 Å². The van der Waals surface area contributed by atoms with Gasteiger partial charge in [0.25, 0.3) is 5.91 Å². The maximum atomic E-state index is 12.6. The first kappa shape index (κ1) is 14.7. The normalized spacial score (nSPS) is 22.6. The zero-order valence-corrected chi connectivity index (χ0v) is 12.2. The van der Waals surface area contributed by atoms with E-state index in [1.165, 1.54) is 6.42 Å². The van der Waals surface area contributed by atoms with E-state index in [0.717, 1.165) is 25.7 Å². The minimum Gasteiger partial charge on any atom is -0.334 e. The van der Waals surface area contributed by atoms with Gasteiger partial charge in [0.1, 0.15) is 12.0 Å². The van der Waals surface area contributed by atoms with E-state index < -0.39 is 0 Å². The van der Waals surface area contributed by atoms with Crippen molar-refractivity contribution in [1.82, 2.24) is 9.88 Å². The number of piperidine rings is 1. The fourth-order valence-electron chi connectivity index (χ4n) is 2.74. The third-order valence-corrected chi connectivity index (χ3v) is 4.14. The van der Waals surface area contributed by atoms with Crippen LogP contribution in [-0.2, 0) is 11.2 Å². The summed E-state index contributed by atoms with van der Waals surface area (Å²) in [4.78, 5) is 29.4. The molecule has 1 amide bonds. The minimum atomic E-state index is -0.0107. The van der Waals surface area contributed by atoms with Crippen molar-refractivity contribution in [3.05, 3.63) is 29.6 Å². The van der Waals surface area contributed by atoms with Crippen molar-refractivity contribution >= 4 is 12.2 Å². The molecule has 0 radical (unpaired) electrons. The highest BCUT2D eigenvalue weighted by Gasteiger charge is 2.29. The lowest BCUT2D eigenvalue weighted by atomic mass is 9.91. The Morgan fingerprint density at radius 2 is 2.25 bits per heavy atom. The van der Waals surface area contributed by atoms with Crippen molar-refractivity contribution in [3.63, 3.8) is 0 Å². The lowest BCUT2D eigenvalue weighted by Gasteiger charge is -2.37. The first-order valence-corrected chi connectivity index (χ1v) is 7.36. The molecule has 2 heterocycles. The highest BCUT2D eigenvalue weighted by atomic mass is 16.2. The Bertz CT molecular complexity index is 487. The van der Waals surface area contributed by atoms with Crippen LogP contribution in [0.25, 0.3) is 0 Å². The number of nitrogens with zero attached hydrogens (tertiary/aromatic N) is 2. The Hall–Kier alpha value is -1.71. The molecular weight excluding hydrogens is 252 g/mol. The zero-order valence-electron chi connectivity index (χ0n) is 12.2. The highest BCUT2D eigenvalue weighted by Crippen LogP contribution is 2.25. The average Bonchev–Trinajstić information content (AvgIpc) is 2.48. The van der Waals surface area contributed by atoms with Crippen molar-refractivity contribution in [2.24, 2.45) is 5.92 Å². The Morgan fingerprint density at radius 3 is 2.95 bits per heavy atom. The fraction of sp³-hybridized carbons (Fsp3) is 0.562. The van der Waals surface area contributed by atoms with Crippen LogP contribution < -0.4 is 0 Å². The SMILES string of the molecule is CCC1CCC(C)N(C(=O)c2cccc(CC=O)n2)C1. The lowest BCUT2D eigenvalue weighted by molar-refractivity contribution is -0.107. The predicted molar refractivity (Wildman–Crippen MR) is 77.5 cm³/mol. The second-order valence-electron chi connectivity index (χ2n) is 5.54. The molecule has 4 heteroatoms. The third-order valence-electron chi connectivity index (χ3n) is 4.14. The Morgan fingerprint density at radius 1 is 1.45 bits per heavy atom. The Kier molecular flexibility index (Phi) is 4.88. The summed E-state index contributed by atoms with van der Waals surface area (Å²) in [5, 5.41) is 0. The number of pyridine rings is 1. The standard InChI is InChI=1S/C16H22N2O2/c1-3-13-8-7-12(2)18(11-13)16(20)15-6-4-5-14(17-15)9-10-19/h4-6,10,12-13H,3,7-9,11H2,1-2H3. The van der Waals surface area contributed by atoms with Gasteiger partial charge < -0.3 is 9.69 Å². The maximum Gasteiger partial charge on any atom is 0.272 e. The van der Waals surface area contributed by atoms with Gasteiger partial charge in [-0.2, -0.15) is 0 Å². The first-order chi connectivity index (χ1) is 9.65. The number of amides is 1. The summed E-state index contributed by atoms with van der Waals surface area (Å²) in [5.41, 5.74) is 1.11. The molecule has 1 aliphatic heterocycles. The number of aldehydes is 1. The van der Waals surface area contributed by atoms with Crippen LogP contribution in [0, 0.1) is 5.92 Å². The third kappa shape index (κ3) is 3.24. The van der Waals surface area contributed by atoms with E-state index in [1.54, 1.807) is 18.2 Å². The molecule has 1 aromatic rings. The molecule has 0 spiro atoms. The van der Waals surface area contributed by atoms with Gasteiger partial charge in [0.2, 0.25) is 0 Å². The molecule has 4 nitrogen and oxygen atoms in total. The van der Waals surface area contributed by atoms with Crippen molar-refractivity contribution in [1.29, 1.82) is 0 Å². The van der Waals surface area contributed by atoms with Crippen LogP contribution in [0.3, 0.4) is 0 Å². The lowest BCUT2D eigenvalue weighted by Crippen LogP contribution is -2.45. The quantitative estimate of drug-likeness (QED) is 0.793. The molecule has 20 heavy (non-hydrogen) atoms. The molecule has 0 aromatic carbocycles. The van der Waals surface area contributed by atoms with Crippen molar-refractivity contribution in [2.45, 2.75) is 45.6 Å². The number of rotatable bonds is 4. The van der Waals surface area contributed by atoms with Gasteiger partial charge in [-0.15, -0.1) is 0 Å². The van der Waals surface area contributed by atoms with E-state index >= 15 is 0 Å². The number of hydrogen-bond acceptors (Lipinski definition) is 3. The molecule has 0 aliphatic carbocycles. The predicted octanol–water partition coefficient (Wildman–Crippen LogP) is 2.47. The van der Waals surface area contributed by atoms with Gasteiger partial charge in [0.15, 0.2) is 0 Å². The molecule has 0 N–H and O–H groups in total. The smallest absolute Gasteiger partial charge is 0.272 e. The molecule has 108 valence electrons. The van der Waals surface area contributed by atoms with E-state index in [-0.39, 0.29) is 18.4 Å². The van der Waals surface area contributed by atoms with Crippen LogP contribution in [0.15, 0.2) is 18.2 Å². The Balaban J connectivity index is 2.16. The molecule has 1 aliphatic rings. The van der Waals surface area contributed by atoms with Crippen LogP contribution in [0.1, 0.15) is 49.3 Å². The van der Waals surface area contributed by atoms with Gasteiger partial charge in [-0.3, -0.25) is 4.79 Å². The monoisotopic (exact) mass is 274 g/mol. The van der Waals surface area contributed by atoms with Crippen molar-refractivity contribution < 1.29 is 9.59 Å². The van der Waals surface area contributed by atoms with Gasteiger partial charge in [-0.25, -0.2) is 4.98 Å². The second kappa shape index (κ2) is 6.64. The second-order valence-corrected chi connectivity index (χ2v) is 5.54. The van der Waals surface area contributed by atoms with Gasteiger partial charge in [-0.05, 0) is 37.8 Å². The van der Waals surface area contributed by atoms with Gasteiger partial charge in [-0.1, -0.05) is 19.4 Å². The topological polar surface area (TPSA) is 50.3 Å². The average molecular weight is 274 g/mol. The fourth-order valence-corrected chi connectivity index (χ4v) is 2.74. The van der Waals surface area contributed by atoms with Crippen LogP contribution >= 0.6 is 0 Å². The van der Waals surface area contributed by atoms with E-state index in [1.807, 2.05) is 4.90 Å². The molecule has 1 saturated heterocycles. The Labute approximate surface area is 120 Å². The van der Waals surface area contributed by atoms with E-state index in [0.29, 0.717) is 17.3 Å². The molecule has 1 fully saturated rings.